The number of hydrogen-bond donors (Lipinski definition) is 3. The van der Waals surface area contributed by atoms with Crippen molar-refractivity contribution in [2.75, 3.05) is 0 Å². The first-order valence-corrected chi connectivity index (χ1v) is 5.21. The third-order valence-corrected chi connectivity index (χ3v) is 2.72. The summed E-state index contributed by atoms with van der Waals surface area (Å²) >= 11 is 0. The minimum absolute atomic E-state index is 0.538. The van der Waals surface area contributed by atoms with Crippen molar-refractivity contribution in [3.63, 3.8) is 0 Å². The van der Waals surface area contributed by atoms with Crippen molar-refractivity contribution in [1.29, 1.82) is 0 Å². The highest BCUT2D eigenvalue weighted by Gasteiger charge is 2.16. The summed E-state index contributed by atoms with van der Waals surface area (Å²) in [5.41, 5.74) is 8.22. The Balaban J connectivity index is 2.47. The van der Waals surface area contributed by atoms with Crippen LogP contribution in [0.5, 0.6) is 0 Å². The van der Waals surface area contributed by atoms with Crippen LogP contribution in [-0.2, 0) is 11.2 Å². The molecule has 1 unspecified atom stereocenters. The van der Waals surface area contributed by atoms with Crippen LogP contribution in [0.15, 0.2) is 24.3 Å². The highest BCUT2D eigenvalue weighted by molar-refractivity contribution is 5.84. The van der Waals surface area contributed by atoms with Crippen molar-refractivity contribution >= 4 is 16.9 Å². The molecule has 0 saturated heterocycles. The van der Waals surface area contributed by atoms with E-state index in [0.29, 0.717) is 5.69 Å². The Bertz CT molecular complexity index is 531. The molecule has 1 aromatic heterocycles. The number of aliphatic carboxylic acids is 1. The van der Waals surface area contributed by atoms with E-state index >= 15 is 0 Å². The number of fused-ring (bicyclic) bond motifs is 1. The van der Waals surface area contributed by atoms with Crippen LogP contribution < -0.4 is 5.73 Å². The zero-order valence-electron chi connectivity index (χ0n) is 9.03. The molecule has 84 valence electrons. The van der Waals surface area contributed by atoms with Gasteiger partial charge in [-0.2, -0.15) is 0 Å². The second-order valence-corrected chi connectivity index (χ2v) is 3.82. The van der Waals surface area contributed by atoms with Gasteiger partial charge in [0.1, 0.15) is 6.04 Å². The van der Waals surface area contributed by atoms with E-state index in [1.54, 1.807) is 6.07 Å². The van der Waals surface area contributed by atoms with E-state index in [1.807, 2.05) is 18.2 Å². The van der Waals surface area contributed by atoms with E-state index in [4.69, 9.17) is 10.8 Å². The van der Waals surface area contributed by atoms with Crippen LogP contribution in [0, 0.1) is 0 Å². The predicted octanol–water partition coefficient (Wildman–Crippen LogP) is 1.81. The molecule has 0 fully saturated rings. The number of H-pyrrole nitrogens is 1. The van der Waals surface area contributed by atoms with Crippen LogP contribution in [-0.4, -0.2) is 16.1 Å². The lowest BCUT2D eigenvalue weighted by Gasteiger charge is -2.01. The maximum absolute atomic E-state index is 10.8. The largest absolute Gasteiger partial charge is 0.480 e. The fourth-order valence-electron chi connectivity index (χ4n) is 1.73. The van der Waals surface area contributed by atoms with Crippen LogP contribution in [0.25, 0.3) is 10.9 Å². The monoisotopic (exact) mass is 218 g/mol. The number of carboxylic acid groups (broad SMARTS) is 1. The molecule has 0 radical (unpaired) electrons. The average molecular weight is 218 g/mol. The van der Waals surface area contributed by atoms with Crippen molar-refractivity contribution < 1.29 is 9.90 Å². The molecule has 0 spiro atoms. The summed E-state index contributed by atoms with van der Waals surface area (Å²) in [5, 5.41) is 9.82. The van der Waals surface area contributed by atoms with Crippen molar-refractivity contribution in [3.8, 4) is 0 Å². The molecular weight excluding hydrogens is 204 g/mol. The van der Waals surface area contributed by atoms with Crippen LogP contribution in [0.4, 0.5) is 0 Å². The summed E-state index contributed by atoms with van der Waals surface area (Å²) < 4.78 is 0. The van der Waals surface area contributed by atoms with E-state index in [9.17, 15) is 4.79 Å². The lowest BCUT2D eigenvalue weighted by molar-refractivity contribution is -0.138. The smallest absolute Gasteiger partial charge is 0.326 e. The van der Waals surface area contributed by atoms with E-state index < -0.39 is 12.0 Å². The highest BCUT2D eigenvalue weighted by Crippen LogP contribution is 2.20. The Morgan fingerprint density at radius 1 is 1.50 bits per heavy atom. The Morgan fingerprint density at radius 2 is 2.25 bits per heavy atom. The number of aromatic amines is 1. The molecule has 4 N–H and O–H groups in total. The maximum atomic E-state index is 10.8. The predicted molar refractivity (Wildman–Crippen MR) is 62.2 cm³/mol. The van der Waals surface area contributed by atoms with Crippen LogP contribution in [0.1, 0.15) is 24.2 Å². The Kier molecular flexibility index (Phi) is 2.66. The van der Waals surface area contributed by atoms with E-state index in [-0.39, 0.29) is 0 Å². The fraction of sp³-hybridized carbons (Fsp3) is 0.250. The fourth-order valence-corrected chi connectivity index (χ4v) is 1.73. The van der Waals surface area contributed by atoms with Gasteiger partial charge in [0.25, 0.3) is 0 Å². The molecule has 0 saturated carbocycles. The number of aromatic nitrogens is 1. The molecule has 0 aliphatic carbocycles. The minimum atomic E-state index is -1.03. The number of carbonyl (C=O) groups is 1. The lowest BCUT2D eigenvalue weighted by atomic mass is 10.1. The molecule has 2 aromatic rings. The van der Waals surface area contributed by atoms with Gasteiger partial charge in [0.2, 0.25) is 0 Å². The van der Waals surface area contributed by atoms with Gasteiger partial charge < -0.3 is 15.8 Å². The van der Waals surface area contributed by atoms with Gasteiger partial charge in [-0.25, -0.2) is 0 Å². The van der Waals surface area contributed by atoms with Gasteiger partial charge in [0.15, 0.2) is 0 Å². The van der Waals surface area contributed by atoms with E-state index in [1.165, 1.54) is 5.56 Å². The van der Waals surface area contributed by atoms with Gasteiger partial charge in [-0.1, -0.05) is 13.0 Å². The Labute approximate surface area is 93.1 Å². The molecule has 0 bridgehead atoms. The number of aryl methyl sites for hydroxylation is 1. The lowest BCUT2D eigenvalue weighted by Crippen LogP contribution is -2.20. The summed E-state index contributed by atoms with van der Waals surface area (Å²) in [7, 11) is 0. The van der Waals surface area contributed by atoms with Gasteiger partial charge >= 0.3 is 5.97 Å². The molecule has 4 nitrogen and oxygen atoms in total. The van der Waals surface area contributed by atoms with E-state index in [2.05, 4.69) is 11.9 Å². The second-order valence-electron chi connectivity index (χ2n) is 3.82. The van der Waals surface area contributed by atoms with Crippen molar-refractivity contribution in [1.82, 2.24) is 4.98 Å². The molecular formula is C12H14N2O2. The van der Waals surface area contributed by atoms with Crippen LogP contribution in [0.3, 0.4) is 0 Å². The number of benzene rings is 1. The number of rotatable bonds is 3. The van der Waals surface area contributed by atoms with Gasteiger partial charge in [-0.15, -0.1) is 0 Å². The average Bonchev–Trinajstić information content (AvgIpc) is 2.69. The van der Waals surface area contributed by atoms with Crippen LogP contribution >= 0.6 is 0 Å². The van der Waals surface area contributed by atoms with Gasteiger partial charge in [-0.05, 0) is 35.6 Å². The molecule has 0 amide bonds. The summed E-state index contributed by atoms with van der Waals surface area (Å²) in [6.45, 7) is 2.08. The summed E-state index contributed by atoms with van der Waals surface area (Å²) in [4.78, 5) is 13.8. The maximum Gasteiger partial charge on any atom is 0.326 e. The third kappa shape index (κ3) is 1.79. The summed E-state index contributed by atoms with van der Waals surface area (Å²) in [5.74, 6) is -1.03. The topological polar surface area (TPSA) is 79.1 Å². The number of carboxylic acids is 1. The molecule has 4 heteroatoms. The van der Waals surface area contributed by atoms with E-state index in [0.717, 1.165) is 17.3 Å². The van der Waals surface area contributed by atoms with Crippen molar-refractivity contribution in [3.05, 3.63) is 35.5 Å². The minimum Gasteiger partial charge on any atom is -0.480 e. The van der Waals surface area contributed by atoms with Crippen molar-refractivity contribution in [2.24, 2.45) is 5.73 Å². The zero-order valence-corrected chi connectivity index (χ0v) is 9.03. The van der Waals surface area contributed by atoms with Crippen LogP contribution in [0.2, 0.25) is 0 Å². The standard InChI is InChI=1S/C12H14N2O2/c1-2-7-3-4-9-8(5-7)6-10(14-9)11(13)12(15)16/h3-6,11,14H,2,13H2,1H3,(H,15,16). The molecule has 1 heterocycles. The van der Waals surface area contributed by atoms with Gasteiger partial charge in [0, 0.05) is 11.2 Å². The Hall–Kier alpha value is -1.81. The van der Waals surface area contributed by atoms with Crippen molar-refractivity contribution in [2.45, 2.75) is 19.4 Å². The Morgan fingerprint density at radius 3 is 2.88 bits per heavy atom. The van der Waals surface area contributed by atoms with Gasteiger partial charge in [-0.3, -0.25) is 4.79 Å². The number of nitrogens with one attached hydrogen (secondary N) is 1. The first-order chi connectivity index (χ1) is 7.61. The normalized spacial score (nSPS) is 12.9. The number of hydrogen-bond acceptors (Lipinski definition) is 2. The quantitative estimate of drug-likeness (QED) is 0.735. The molecule has 0 aliphatic heterocycles. The molecule has 1 aromatic carbocycles. The number of nitrogens with two attached hydrogens (primary N) is 1. The molecule has 16 heavy (non-hydrogen) atoms. The summed E-state index contributed by atoms with van der Waals surface area (Å²) in [6, 6.07) is 6.83. The zero-order chi connectivity index (χ0) is 11.7. The first kappa shape index (κ1) is 10.7. The highest BCUT2D eigenvalue weighted by atomic mass is 16.4. The molecule has 1 atom stereocenters. The second kappa shape index (κ2) is 3.98. The SMILES string of the molecule is CCc1ccc2[nH]c(C(N)C(=O)O)cc2c1. The van der Waals surface area contributed by atoms with Gasteiger partial charge in [0.05, 0.1) is 0 Å². The first-order valence-electron chi connectivity index (χ1n) is 5.21. The molecule has 2 rings (SSSR count). The third-order valence-electron chi connectivity index (χ3n) is 2.72. The molecule has 0 aliphatic rings. The summed E-state index contributed by atoms with van der Waals surface area (Å²) in [6.07, 6.45) is 0.960.